The lowest BCUT2D eigenvalue weighted by Crippen LogP contribution is -2.37. The maximum atomic E-state index is 5.24. The van der Waals surface area contributed by atoms with E-state index in [1.165, 1.54) is 24.9 Å². The van der Waals surface area contributed by atoms with Crippen molar-refractivity contribution in [3.8, 4) is 11.5 Å². The average Bonchev–Trinajstić information content (AvgIpc) is 2.68. The second-order valence-electron chi connectivity index (χ2n) is 6.70. The summed E-state index contributed by atoms with van der Waals surface area (Å²) in [5.74, 6) is 2.51. The Morgan fingerprint density at radius 3 is 2.24 bits per heavy atom. The van der Waals surface area contributed by atoms with E-state index in [9.17, 15) is 0 Å². The van der Waals surface area contributed by atoms with Gasteiger partial charge in [-0.2, -0.15) is 0 Å². The van der Waals surface area contributed by atoms with E-state index in [2.05, 4.69) is 34.5 Å². The standard InChI is InChI=1S/C21H28N2O2/c1-24-20-9-5-17(6-10-20)15-23-13-3-4-18(16-23)14-22-19-7-11-21(25-2)12-8-19/h5-12,18,22H,3-4,13-16H2,1-2H3. The molecule has 1 N–H and O–H groups in total. The number of benzene rings is 2. The average molecular weight is 340 g/mol. The van der Waals surface area contributed by atoms with Gasteiger partial charge in [-0.1, -0.05) is 12.1 Å². The summed E-state index contributed by atoms with van der Waals surface area (Å²) >= 11 is 0. The molecule has 2 aromatic rings. The molecule has 1 unspecified atom stereocenters. The summed E-state index contributed by atoms with van der Waals surface area (Å²) in [7, 11) is 3.40. The summed E-state index contributed by atoms with van der Waals surface area (Å²) in [6, 6.07) is 16.6. The van der Waals surface area contributed by atoms with Crippen molar-refractivity contribution in [1.82, 2.24) is 4.90 Å². The van der Waals surface area contributed by atoms with Crippen LogP contribution in [-0.4, -0.2) is 38.8 Å². The molecule has 0 radical (unpaired) electrons. The lowest BCUT2D eigenvalue weighted by Gasteiger charge is -2.33. The minimum Gasteiger partial charge on any atom is -0.497 e. The highest BCUT2D eigenvalue weighted by molar-refractivity contribution is 5.46. The van der Waals surface area contributed by atoms with Crippen molar-refractivity contribution < 1.29 is 9.47 Å². The molecule has 1 saturated heterocycles. The first kappa shape index (κ1) is 17.6. The third kappa shape index (κ3) is 5.13. The molecule has 0 aliphatic carbocycles. The molecule has 1 heterocycles. The molecule has 0 bridgehead atoms. The van der Waals surface area contributed by atoms with Gasteiger partial charge >= 0.3 is 0 Å². The van der Waals surface area contributed by atoms with Gasteiger partial charge in [-0.15, -0.1) is 0 Å². The molecular weight excluding hydrogens is 312 g/mol. The van der Waals surface area contributed by atoms with Crippen LogP contribution in [-0.2, 0) is 6.54 Å². The summed E-state index contributed by atoms with van der Waals surface area (Å²) in [6.07, 6.45) is 2.56. The number of nitrogens with zero attached hydrogens (tertiary/aromatic N) is 1. The van der Waals surface area contributed by atoms with Gasteiger partial charge in [-0.25, -0.2) is 0 Å². The molecule has 4 nitrogen and oxygen atoms in total. The first-order chi connectivity index (χ1) is 12.3. The van der Waals surface area contributed by atoms with Crippen LogP contribution in [0.1, 0.15) is 18.4 Å². The largest absolute Gasteiger partial charge is 0.497 e. The van der Waals surface area contributed by atoms with Crippen LogP contribution >= 0.6 is 0 Å². The third-order valence-electron chi connectivity index (χ3n) is 4.85. The molecule has 0 aromatic heterocycles. The van der Waals surface area contributed by atoms with Crippen LogP contribution in [0, 0.1) is 5.92 Å². The Morgan fingerprint density at radius 1 is 0.960 bits per heavy atom. The van der Waals surface area contributed by atoms with Gasteiger partial charge in [-0.3, -0.25) is 4.90 Å². The monoisotopic (exact) mass is 340 g/mol. The summed E-state index contributed by atoms with van der Waals surface area (Å²) in [4.78, 5) is 2.56. The topological polar surface area (TPSA) is 33.7 Å². The Bertz CT molecular complexity index is 640. The fourth-order valence-corrected chi connectivity index (χ4v) is 3.42. The molecule has 3 rings (SSSR count). The van der Waals surface area contributed by atoms with Crippen molar-refractivity contribution in [1.29, 1.82) is 0 Å². The predicted octanol–water partition coefficient (Wildman–Crippen LogP) is 4.03. The molecule has 1 aliphatic rings. The van der Waals surface area contributed by atoms with Crippen LogP contribution in [0.25, 0.3) is 0 Å². The second-order valence-corrected chi connectivity index (χ2v) is 6.70. The van der Waals surface area contributed by atoms with E-state index in [1.807, 2.05) is 24.3 Å². The Labute approximate surface area is 150 Å². The van der Waals surface area contributed by atoms with E-state index in [-0.39, 0.29) is 0 Å². The van der Waals surface area contributed by atoms with Crippen molar-refractivity contribution in [3.05, 3.63) is 54.1 Å². The number of hydrogen-bond donors (Lipinski definition) is 1. The van der Waals surface area contributed by atoms with Crippen LogP contribution in [0.4, 0.5) is 5.69 Å². The second kappa shape index (κ2) is 8.77. The quantitative estimate of drug-likeness (QED) is 0.825. The van der Waals surface area contributed by atoms with E-state index >= 15 is 0 Å². The van der Waals surface area contributed by atoms with Crippen LogP contribution in [0.15, 0.2) is 48.5 Å². The highest BCUT2D eigenvalue weighted by Crippen LogP contribution is 2.21. The van der Waals surface area contributed by atoms with Gasteiger partial charge in [-0.05, 0) is 67.3 Å². The fourth-order valence-electron chi connectivity index (χ4n) is 3.42. The number of ether oxygens (including phenoxy) is 2. The molecule has 4 heteroatoms. The van der Waals surface area contributed by atoms with E-state index < -0.39 is 0 Å². The minimum atomic E-state index is 0.689. The van der Waals surface area contributed by atoms with Crippen LogP contribution in [0.3, 0.4) is 0 Å². The van der Waals surface area contributed by atoms with E-state index in [1.54, 1.807) is 14.2 Å². The van der Waals surface area contributed by atoms with Gasteiger partial charge < -0.3 is 14.8 Å². The first-order valence-electron chi connectivity index (χ1n) is 9.00. The molecule has 1 aliphatic heterocycles. The number of anilines is 1. The van der Waals surface area contributed by atoms with Crippen molar-refractivity contribution in [2.75, 3.05) is 39.2 Å². The Hall–Kier alpha value is -2.20. The van der Waals surface area contributed by atoms with Crippen LogP contribution in [0.2, 0.25) is 0 Å². The Kier molecular flexibility index (Phi) is 6.18. The smallest absolute Gasteiger partial charge is 0.119 e. The number of nitrogens with one attached hydrogen (secondary N) is 1. The summed E-state index contributed by atoms with van der Waals surface area (Å²) in [5, 5.41) is 3.57. The summed E-state index contributed by atoms with van der Waals surface area (Å²) in [6.45, 7) is 4.37. The Morgan fingerprint density at radius 2 is 1.60 bits per heavy atom. The van der Waals surface area contributed by atoms with E-state index in [4.69, 9.17) is 9.47 Å². The predicted molar refractivity (Wildman–Crippen MR) is 102 cm³/mol. The SMILES string of the molecule is COc1ccc(CN2CCCC(CNc3ccc(OC)cc3)C2)cc1. The number of likely N-dealkylation sites (tertiary alicyclic amines) is 1. The van der Waals surface area contributed by atoms with Gasteiger partial charge in [0.15, 0.2) is 0 Å². The van der Waals surface area contributed by atoms with Crippen molar-refractivity contribution >= 4 is 5.69 Å². The highest BCUT2D eigenvalue weighted by atomic mass is 16.5. The molecule has 134 valence electrons. The number of methoxy groups -OCH3 is 2. The summed E-state index contributed by atoms with van der Waals surface area (Å²) in [5.41, 5.74) is 2.51. The van der Waals surface area contributed by atoms with Crippen LogP contribution in [0.5, 0.6) is 11.5 Å². The number of rotatable bonds is 7. The molecule has 1 atom stereocenters. The van der Waals surface area contributed by atoms with Crippen molar-refractivity contribution in [2.45, 2.75) is 19.4 Å². The van der Waals surface area contributed by atoms with E-state index in [0.717, 1.165) is 36.8 Å². The zero-order chi connectivity index (χ0) is 17.5. The zero-order valence-corrected chi connectivity index (χ0v) is 15.2. The Balaban J connectivity index is 1.48. The van der Waals surface area contributed by atoms with Crippen molar-refractivity contribution in [2.24, 2.45) is 5.92 Å². The molecule has 0 saturated carbocycles. The first-order valence-corrected chi connectivity index (χ1v) is 9.00. The molecule has 2 aromatic carbocycles. The molecule has 25 heavy (non-hydrogen) atoms. The lowest BCUT2D eigenvalue weighted by atomic mass is 9.97. The molecular formula is C21H28N2O2. The minimum absolute atomic E-state index is 0.689. The van der Waals surface area contributed by atoms with Gasteiger partial charge in [0.25, 0.3) is 0 Å². The maximum Gasteiger partial charge on any atom is 0.119 e. The van der Waals surface area contributed by atoms with Crippen molar-refractivity contribution in [3.63, 3.8) is 0 Å². The molecule has 1 fully saturated rings. The highest BCUT2D eigenvalue weighted by Gasteiger charge is 2.19. The van der Waals surface area contributed by atoms with Gasteiger partial charge in [0.2, 0.25) is 0 Å². The fraction of sp³-hybridized carbons (Fsp3) is 0.429. The normalized spacial score (nSPS) is 17.9. The molecule has 0 spiro atoms. The number of hydrogen-bond acceptors (Lipinski definition) is 4. The van der Waals surface area contributed by atoms with Gasteiger partial charge in [0.1, 0.15) is 11.5 Å². The van der Waals surface area contributed by atoms with Crippen LogP contribution < -0.4 is 14.8 Å². The van der Waals surface area contributed by atoms with Gasteiger partial charge in [0, 0.05) is 25.3 Å². The van der Waals surface area contributed by atoms with Gasteiger partial charge in [0.05, 0.1) is 14.2 Å². The maximum absolute atomic E-state index is 5.24. The van der Waals surface area contributed by atoms with E-state index in [0.29, 0.717) is 5.92 Å². The zero-order valence-electron chi connectivity index (χ0n) is 15.2. The lowest BCUT2D eigenvalue weighted by molar-refractivity contribution is 0.173. The summed E-state index contributed by atoms with van der Waals surface area (Å²) < 4.78 is 10.4. The third-order valence-corrected chi connectivity index (χ3v) is 4.85. The molecule has 0 amide bonds. The number of piperidine rings is 1.